The number of hydrogen-bond donors (Lipinski definition) is 1. The highest BCUT2D eigenvalue weighted by atomic mass is 16.5. The molecule has 0 aliphatic carbocycles. The highest BCUT2D eigenvalue weighted by molar-refractivity contribution is 5.77. The number of hydrogen-bond acceptors (Lipinski definition) is 5. The van der Waals surface area contributed by atoms with Crippen LogP contribution in [0.4, 0.5) is 0 Å². The van der Waals surface area contributed by atoms with Crippen LogP contribution in [0, 0.1) is 0 Å². The van der Waals surface area contributed by atoms with Crippen LogP contribution >= 0.6 is 0 Å². The van der Waals surface area contributed by atoms with E-state index in [2.05, 4.69) is 14.9 Å². The van der Waals surface area contributed by atoms with Crippen LogP contribution in [0.5, 0.6) is 5.75 Å². The first-order valence-corrected chi connectivity index (χ1v) is 10.2. The molecule has 30 heavy (non-hydrogen) atoms. The van der Waals surface area contributed by atoms with Crippen molar-refractivity contribution in [3.05, 3.63) is 70.3 Å². The molecule has 0 unspecified atom stereocenters. The van der Waals surface area contributed by atoms with E-state index in [0.29, 0.717) is 42.8 Å². The number of fused-ring (bicyclic) bond motifs is 1. The van der Waals surface area contributed by atoms with Gasteiger partial charge in [-0.15, -0.1) is 0 Å². The number of carbonyl (C=O) groups excluding carboxylic acids is 1. The topological polar surface area (TPSA) is 78.5 Å². The van der Waals surface area contributed by atoms with Gasteiger partial charge in [0.05, 0.1) is 24.6 Å². The van der Waals surface area contributed by atoms with E-state index in [-0.39, 0.29) is 11.5 Å². The maximum atomic E-state index is 12.6. The second-order valence-electron chi connectivity index (χ2n) is 7.53. The molecular formula is C23H26N4O3. The lowest BCUT2D eigenvalue weighted by Crippen LogP contribution is -2.48. The molecule has 1 aromatic heterocycles. The molecule has 7 heteroatoms. The Morgan fingerprint density at radius 2 is 1.80 bits per heavy atom. The Bertz CT molecular complexity index is 1070. The van der Waals surface area contributed by atoms with E-state index < -0.39 is 0 Å². The number of nitrogens with one attached hydrogen (secondary N) is 1. The number of amides is 1. The minimum atomic E-state index is -0.108. The second-order valence-corrected chi connectivity index (χ2v) is 7.53. The predicted molar refractivity (Wildman–Crippen MR) is 116 cm³/mol. The van der Waals surface area contributed by atoms with Crippen molar-refractivity contribution >= 4 is 16.8 Å². The van der Waals surface area contributed by atoms with Gasteiger partial charge in [-0.25, -0.2) is 4.98 Å². The van der Waals surface area contributed by atoms with Crippen LogP contribution < -0.4 is 10.3 Å². The van der Waals surface area contributed by atoms with Gasteiger partial charge in [0.2, 0.25) is 5.91 Å². The average molecular weight is 406 g/mol. The fourth-order valence-corrected chi connectivity index (χ4v) is 3.78. The molecule has 1 N–H and O–H groups in total. The van der Waals surface area contributed by atoms with Gasteiger partial charge in [-0.2, -0.15) is 0 Å². The summed E-state index contributed by atoms with van der Waals surface area (Å²) in [5, 5.41) is 0.605. The summed E-state index contributed by atoms with van der Waals surface area (Å²) in [6, 6.07) is 15.2. The number of nitrogens with zero attached hydrogens (tertiary/aromatic N) is 3. The van der Waals surface area contributed by atoms with Crippen LogP contribution in [-0.4, -0.2) is 59.0 Å². The van der Waals surface area contributed by atoms with Crippen molar-refractivity contribution in [1.29, 1.82) is 0 Å². The van der Waals surface area contributed by atoms with E-state index in [4.69, 9.17) is 4.74 Å². The molecule has 156 valence electrons. The van der Waals surface area contributed by atoms with Crippen molar-refractivity contribution in [3.8, 4) is 5.75 Å². The van der Waals surface area contributed by atoms with Gasteiger partial charge in [0.15, 0.2) is 0 Å². The molecule has 0 atom stereocenters. The van der Waals surface area contributed by atoms with Gasteiger partial charge in [0.1, 0.15) is 11.6 Å². The van der Waals surface area contributed by atoms with Gasteiger partial charge in [-0.1, -0.05) is 24.3 Å². The van der Waals surface area contributed by atoms with Crippen molar-refractivity contribution in [2.24, 2.45) is 0 Å². The summed E-state index contributed by atoms with van der Waals surface area (Å²) >= 11 is 0. The van der Waals surface area contributed by atoms with E-state index in [1.165, 1.54) is 0 Å². The van der Waals surface area contributed by atoms with E-state index >= 15 is 0 Å². The zero-order chi connectivity index (χ0) is 20.9. The number of para-hydroxylation sites is 1. The lowest BCUT2D eigenvalue weighted by molar-refractivity contribution is -0.133. The number of benzene rings is 2. The normalized spacial score (nSPS) is 14.8. The largest absolute Gasteiger partial charge is 0.497 e. The number of aryl methyl sites for hydroxylation is 1. The molecule has 4 rings (SSSR count). The number of carbonyl (C=O) groups is 1. The summed E-state index contributed by atoms with van der Waals surface area (Å²) in [5.74, 6) is 1.67. The first-order valence-electron chi connectivity index (χ1n) is 10.2. The molecule has 2 aromatic carbocycles. The summed E-state index contributed by atoms with van der Waals surface area (Å²) in [5.41, 5.74) is 1.74. The molecule has 0 radical (unpaired) electrons. The fourth-order valence-electron chi connectivity index (χ4n) is 3.78. The van der Waals surface area contributed by atoms with Crippen molar-refractivity contribution < 1.29 is 9.53 Å². The van der Waals surface area contributed by atoms with Gasteiger partial charge in [0, 0.05) is 32.6 Å². The van der Waals surface area contributed by atoms with Gasteiger partial charge >= 0.3 is 0 Å². The Labute approximate surface area is 175 Å². The summed E-state index contributed by atoms with van der Waals surface area (Å²) in [4.78, 5) is 36.4. The van der Waals surface area contributed by atoms with Gasteiger partial charge in [0.25, 0.3) is 5.56 Å². The molecule has 1 fully saturated rings. The molecule has 0 spiro atoms. The monoisotopic (exact) mass is 406 g/mol. The quantitative estimate of drug-likeness (QED) is 0.679. The third-order valence-electron chi connectivity index (χ3n) is 5.55. The van der Waals surface area contributed by atoms with Crippen LogP contribution in [0.15, 0.2) is 53.3 Å². The second kappa shape index (κ2) is 9.09. The van der Waals surface area contributed by atoms with Crippen LogP contribution in [0.2, 0.25) is 0 Å². The van der Waals surface area contributed by atoms with Crippen LogP contribution in [0.25, 0.3) is 10.9 Å². The third-order valence-corrected chi connectivity index (χ3v) is 5.55. The molecule has 3 aromatic rings. The summed E-state index contributed by atoms with van der Waals surface area (Å²) in [6.07, 6.45) is 1.23. The number of methoxy groups -OCH3 is 1. The Hall–Kier alpha value is -3.19. The molecule has 1 aliphatic heterocycles. The number of ether oxygens (including phenoxy) is 1. The maximum Gasteiger partial charge on any atom is 0.258 e. The lowest BCUT2D eigenvalue weighted by Gasteiger charge is -2.34. The Kier molecular flexibility index (Phi) is 6.09. The average Bonchev–Trinajstić information content (AvgIpc) is 2.78. The van der Waals surface area contributed by atoms with E-state index in [1.807, 2.05) is 47.4 Å². The molecule has 1 aliphatic rings. The number of rotatable bonds is 6. The van der Waals surface area contributed by atoms with Crippen molar-refractivity contribution in [3.63, 3.8) is 0 Å². The SMILES string of the molecule is COc1ccc(CCC(=O)N2CCN(Cc3nc4ccccc4c(=O)[nH]3)CC2)cc1. The summed E-state index contributed by atoms with van der Waals surface area (Å²) < 4.78 is 5.17. The molecule has 1 saturated heterocycles. The standard InChI is InChI=1S/C23H26N4O3/c1-30-18-9-6-17(7-10-18)8-11-22(28)27-14-12-26(13-15-27)16-21-24-20-5-3-2-4-19(20)23(29)25-21/h2-7,9-10H,8,11-16H2,1H3,(H,24,25,29). The lowest BCUT2D eigenvalue weighted by atomic mass is 10.1. The highest BCUT2D eigenvalue weighted by Gasteiger charge is 2.21. The van der Waals surface area contributed by atoms with E-state index in [1.54, 1.807) is 13.2 Å². The molecule has 0 bridgehead atoms. The molecule has 2 heterocycles. The Balaban J connectivity index is 1.28. The summed E-state index contributed by atoms with van der Waals surface area (Å²) in [6.45, 7) is 3.50. The maximum absolute atomic E-state index is 12.6. The Morgan fingerprint density at radius 1 is 1.07 bits per heavy atom. The first kappa shape index (κ1) is 20.1. The van der Waals surface area contributed by atoms with Crippen molar-refractivity contribution in [1.82, 2.24) is 19.8 Å². The van der Waals surface area contributed by atoms with Gasteiger partial charge < -0.3 is 14.6 Å². The molecule has 0 saturated carbocycles. The van der Waals surface area contributed by atoms with E-state index in [9.17, 15) is 9.59 Å². The summed E-state index contributed by atoms with van der Waals surface area (Å²) in [7, 11) is 1.64. The van der Waals surface area contributed by atoms with Crippen molar-refractivity contribution in [2.45, 2.75) is 19.4 Å². The minimum Gasteiger partial charge on any atom is -0.497 e. The number of piperazine rings is 1. The zero-order valence-electron chi connectivity index (χ0n) is 17.1. The predicted octanol–water partition coefficient (Wildman–Crippen LogP) is 2.21. The van der Waals surface area contributed by atoms with Gasteiger partial charge in [-0.3, -0.25) is 14.5 Å². The van der Waals surface area contributed by atoms with Gasteiger partial charge in [-0.05, 0) is 36.2 Å². The van der Waals surface area contributed by atoms with Crippen LogP contribution in [0.1, 0.15) is 17.8 Å². The van der Waals surface area contributed by atoms with Crippen LogP contribution in [-0.2, 0) is 17.8 Å². The number of aromatic nitrogens is 2. The molecular weight excluding hydrogens is 380 g/mol. The third kappa shape index (κ3) is 4.68. The Morgan fingerprint density at radius 3 is 2.53 bits per heavy atom. The molecule has 7 nitrogen and oxygen atoms in total. The first-order chi connectivity index (χ1) is 14.6. The minimum absolute atomic E-state index is 0.108. The van der Waals surface area contributed by atoms with Crippen LogP contribution in [0.3, 0.4) is 0 Å². The fraction of sp³-hybridized carbons (Fsp3) is 0.348. The van der Waals surface area contributed by atoms with Crippen molar-refractivity contribution in [2.75, 3.05) is 33.3 Å². The number of aromatic amines is 1. The highest BCUT2D eigenvalue weighted by Crippen LogP contribution is 2.14. The smallest absolute Gasteiger partial charge is 0.258 e. The van der Waals surface area contributed by atoms with E-state index in [0.717, 1.165) is 30.8 Å². The number of H-pyrrole nitrogens is 1. The zero-order valence-corrected chi connectivity index (χ0v) is 17.1. The molecule has 1 amide bonds.